The van der Waals surface area contributed by atoms with Crippen LogP contribution < -0.4 is 10.5 Å². The number of benzene rings is 2. The molecule has 4 nitrogen and oxygen atoms in total. The van der Waals surface area contributed by atoms with Crippen molar-refractivity contribution in [3.63, 3.8) is 0 Å². The molecule has 20 heavy (non-hydrogen) atoms. The van der Waals surface area contributed by atoms with Crippen molar-refractivity contribution in [1.29, 1.82) is 0 Å². The fraction of sp³-hybridized carbons (Fsp3) is 0.133. The summed E-state index contributed by atoms with van der Waals surface area (Å²) in [6, 6.07) is 10.2. The maximum atomic E-state index is 11.6. The summed E-state index contributed by atoms with van der Waals surface area (Å²) in [7, 11) is 1.30. The summed E-state index contributed by atoms with van der Waals surface area (Å²) in [4.78, 5) is 11.6. The van der Waals surface area contributed by atoms with Crippen LogP contribution in [0.5, 0.6) is 11.5 Å². The predicted molar refractivity (Wildman–Crippen MR) is 78.5 cm³/mol. The monoisotopic (exact) mass is 291 g/mol. The van der Waals surface area contributed by atoms with Crippen LogP contribution in [0.2, 0.25) is 5.02 Å². The number of nitrogens with two attached hydrogens (primary N) is 1. The lowest BCUT2D eigenvalue weighted by Crippen LogP contribution is -2.05. The van der Waals surface area contributed by atoms with E-state index in [0.29, 0.717) is 22.2 Å². The van der Waals surface area contributed by atoms with E-state index in [0.717, 1.165) is 5.56 Å². The van der Waals surface area contributed by atoms with Crippen molar-refractivity contribution >= 4 is 23.3 Å². The van der Waals surface area contributed by atoms with Gasteiger partial charge >= 0.3 is 5.97 Å². The van der Waals surface area contributed by atoms with Crippen molar-refractivity contribution in [3.8, 4) is 11.5 Å². The molecule has 2 N–H and O–H groups in total. The standard InChI is InChI=1S/C15H14ClNO3/c1-9-7-10(16)3-6-14(9)20-11-4-5-13(17)12(8-11)15(18)19-2/h3-8H,17H2,1-2H3. The molecule has 0 atom stereocenters. The van der Waals surface area contributed by atoms with Crippen LogP contribution in [0.15, 0.2) is 36.4 Å². The SMILES string of the molecule is COC(=O)c1cc(Oc2ccc(Cl)cc2C)ccc1N. The van der Waals surface area contributed by atoms with Gasteiger partial charge in [-0.15, -0.1) is 0 Å². The summed E-state index contributed by atoms with van der Waals surface area (Å²) in [5, 5.41) is 0.641. The van der Waals surface area contributed by atoms with Crippen LogP contribution in [0.25, 0.3) is 0 Å². The first-order chi connectivity index (χ1) is 9.51. The number of nitrogen functional groups attached to an aromatic ring is 1. The van der Waals surface area contributed by atoms with Crippen LogP contribution in [0, 0.1) is 6.92 Å². The highest BCUT2D eigenvalue weighted by atomic mass is 35.5. The first kappa shape index (κ1) is 14.2. The summed E-state index contributed by atoms with van der Waals surface area (Å²) >= 11 is 5.89. The lowest BCUT2D eigenvalue weighted by atomic mass is 10.1. The molecule has 0 amide bonds. The van der Waals surface area contributed by atoms with Gasteiger partial charge < -0.3 is 15.2 Å². The van der Waals surface area contributed by atoms with Crippen LogP contribution in [0.1, 0.15) is 15.9 Å². The highest BCUT2D eigenvalue weighted by molar-refractivity contribution is 6.30. The molecule has 0 fully saturated rings. The molecule has 0 aliphatic carbocycles. The van der Waals surface area contributed by atoms with Gasteiger partial charge in [0.25, 0.3) is 0 Å². The van der Waals surface area contributed by atoms with Crippen molar-refractivity contribution in [2.24, 2.45) is 0 Å². The first-order valence-corrected chi connectivity index (χ1v) is 6.31. The predicted octanol–water partition coefficient (Wildman–Crippen LogP) is 3.81. The number of carbonyl (C=O) groups is 1. The molecule has 2 aromatic carbocycles. The normalized spacial score (nSPS) is 10.2. The second-order valence-corrected chi connectivity index (χ2v) is 4.69. The molecule has 104 valence electrons. The van der Waals surface area contributed by atoms with Gasteiger partial charge in [0, 0.05) is 10.7 Å². The Morgan fingerprint density at radius 2 is 1.95 bits per heavy atom. The van der Waals surface area contributed by atoms with Crippen molar-refractivity contribution in [1.82, 2.24) is 0 Å². The molecule has 0 aliphatic rings. The Hall–Kier alpha value is -2.20. The van der Waals surface area contributed by atoms with Gasteiger partial charge in [-0.05, 0) is 48.9 Å². The van der Waals surface area contributed by atoms with Gasteiger partial charge in [-0.2, -0.15) is 0 Å². The van der Waals surface area contributed by atoms with Gasteiger partial charge in [0.2, 0.25) is 0 Å². The zero-order valence-electron chi connectivity index (χ0n) is 11.1. The number of esters is 1. The van der Waals surface area contributed by atoms with E-state index in [4.69, 9.17) is 22.1 Å². The Morgan fingerprint density at radius 1 is 1.20 bits per heavy atom. The molecule has 0 spiro atoms. The molecule has 2 aromatic rings. The van der Waals surface area contributed by atoms with E-state index in [2.05, 4.69) is 4.74 Å². The number of hydrogen-bond donors (Lipinski definition) is 1. The fourth-order valence-corrected chi connectivity index (χ4v) is 1.97. The number of rotatable bonds is 3. The second kappa shape index (κ2) is 5.84. The Kier molecular flexibility index (Phi) is 4.15. The molecule has 0 saturated heterocycles. The fourth-order valence-electron chi connectivity index (χ4n) is 1.74. The molecule has 2 rings (SSSR count). The minimum absolute atomic E-state index is 0.275. The minimum atomic E-state index is -0.499. The van der Waals surface area contributed by atoms with Gasteiger partial charge in [-0.1, -0.05) is 11.6 Å². The van der Waals surface area contributed by atoms with Crippen LogP contribution in [-0.2, 0) is 4.74 Å². The molecule has 0 aromatic heterocycles. The number of methoxy groups -OCH3 is 1. The molecule has 0 radical (unpaired) electrons. The van der Waals surface area contributed by atoms with Gasteiger partial charge in [0.05, 0.1) is 12.7 Å². The summed E-state index contributed by atoms with van der Waals surface area (Å²) in [6.45, 7) is 1.89. The third-order valence-corrected chi connectivity index (χ3v) is 3.03. The van der Waals surface area contributed by atoms with Crippen LogP contribution in [-0.4, -0.2) is 13.1 Å². The topological polar surface area (TPSA) is 61.5 Å². The smallest absolute Gasteiger partial charge is 0.340 e. The number of aryl methyl sites for hydroxylation is 1. The molecule has 0 unspecified atom stereocenters. The summed E-state index contributed by atoms with van der Waals surface area (Å²) < 4.78 is 10.4. The number of carbonyl (C=O) groups excluding carboxylic acids is 1. The van der Waals surface area contributed by atoms with Crippen LogP contribution in [0.3, 0.4) is 0 Å². The average Bonchev–Trinajstić information content (AvgIpc) is 2.43. The van der Waals surface area contributed by atoms with Crippen LogP contribution >= 0.6 is 11.6 Å². The van der Waals surface area contributed by atoms with Crippen molar-refractivity contribution in [2.45, 2.75) is 6.92 Å². The van der Waals surface area contributed by atoms with Gasteiger partial charge in [0.15, 0.2) is 0 Å². The molecular formula is C15H14ClNO3. The Morgan fingerprint density at radius 3 is 2.60 bits per heavy atom. The zero-order valence-corrected chi connectivity index (χ0v) is 11.9. The number of halogens is 1. The Balaban J connectivity index is 2.32. The molecule has 0 heterocycles. The Bertz CT molecular complexity index is 656. The van der Waals surface area contributed by atoms with E-state index in [1.54, 1.807) is 36.4 Å². The minimum Gasteiger partial charge on any atom is -0.465 e. The van der Waals surface area contributed by atoms with E-state index in [1.807, 2.05) is 6.92 Å². The number of hydrogen-bond acceptors (Lipinski definition) is 4. The third kappa shape index (κ3) is 3.03. The van der Waals surface area contributed by atoms with E-state index in [1.165, 1.54) is 7.11 Å². The first-order valence-electron chi connectivity index (χ1n) is 5.93. The van der Waals surface area contributed by atoms with Crippen LogP contribution in [0.4, 0.5) is 5.69 Å². The van der Waals surface area contributed by atoms with Crippen molar-refractivity contribution in [2.75, 3.05) is 12.8 Å². The second-order valence-electron chi connectivity index (χ2n) is 4.25. The highest BCUT2D eigenvalue weighted by Crippen LogP contribution is 2.29. The van der Waals surface area contributed by atoms with Crippen molar-refractivity contribution < 1.29 is 14.3 Å². The molecule has 5 heteroatoms. The average molecular weight is 292 g/mol. The lowest BCUT2D eigenvalue weighted by Gasteiger charge is -2.11. The van der Waals surface area contributed by atoms with Gasteiger partial charge in [-0.25, -0.2) is 4.79 Å². The maximum absolute atomic E-state index is 11.6. The third-order valence-electron chi connectivity index (χ3n) is 2.79. The van der Waals surface area contributed by atoms with E-state index in [9.17, 15) is 4.79 Å². The highest BCUT2D eigenvalue weighted by Gasteiger charge is 2.12. The number of anilines is 1. The largest absolute Gasteiger partial charge is 0.465 e. The molecule has 0 bridgehead atoms. The summed E-state index contributed by atoms with van der Waals surface area (Å²) in [6.07, 6.45) is 0. The van der Waals surface area contributed by atoms with E-state index in [-0.39, 0.29) is 5.56 Å². The zero-order chi connectivity index (χ0) is 14.7. The van der Waals surface area contributed by atoms with Gasteiger partial charge in [-0.3, -0.25) is 0 Å². The Labute approximate surface area is 122 Å². The molecule has 0 saturated carbocycles. The number of ether oxygens (including phenoxy) is 2. The maximum Gasteiger partial charge on any atom is 0.340 e. The summed E-state index contributed by atoms with van der Waals surface area (Å²) in [5.41, 5.74) is 7.25. The van der Waals surface area contributed by atoms with Crippen molar-refractivity contribution in [3.05, 3.63) is 52.5 Å². The molecule has 0 aliphatic heterocycles. The van der Waals surface area contributed by atoms with E-state index < -0.39 is 5.97 Å². The lowest BCUT2D eigenvalue weighted by molar-refractivity contribution is 0.0601. The van der Waals surface area contributed by atoms with Gasteiger partial charge in [0.1, 0.15) is 11.5 Å². The quantitative estimate of drug-likeness (QED) is 0.690. The molecular weight excluding hydrogens is 278 g/mol. The van der Waals surface area contributed by atoms with E-state index >= 15 is 0 Å². The summed E-state index contributed by atoms with van der Waals surface area (Å²) in [5.74, 6) is 0.667.